The molecule has 0 radical (unpaired) electrons. The molecule has 0 unspecified atom stereocenters. The number of sulfonamides is 1. The van der Waals surface area contributed by atoms with E-state index in [4.69, 9.17) is 5.73 Å². The highest BCUT2D eigenvalue weighted by atomic mass is 32.2. The van der Waals surface area contributed by atoms with Crippen LogP contribution in [0.3, 0.4) is 0 Å². The number of rotatable bonds is 4. The highest BCUT2D eigenvalue weighted by Gasteiger charge is 2.21. The number of hydrogen-bond acceptors (Lipinski definition) is 6. The smallest absolute Gasteiger partial charge is 0.267 e. The molecule has 0 saturated carbocycles. The number of nitrogens with zero attached hydrogens (tertiary/aromatic N) is 3. The molecule has 0 aliphatic rings. The Bertz CT molecular complexity index is 897. The van der Waals surface area contributed by atoms with E-state index in [1.165, 1.54) is 22.2 Å². The van der Waals surface area contributed by atoms with Crippen molar-refractivity contribution in [2.75, 3.05) is 10.5 Å². The minimum atomic E-state index is -3.76. The SMILES string of the molecule is CCn1cc(S(=O)(=O)Nc2ccc3ncsc3c2)c(N)n1. The van der Waals surface area contributed by atoms with E-state index < -0.39 is 10.0 Å². The molecule has 0 atom stereocenters. The summed E-state index contributed by atoms with van der Waals surface area (Å²) in [6.07, 6.45) is 1.42. The zero-order valence-electron chi connectivity index (χ0n) is 11.1. The number of fused-ring (bicyclic) bond motifs is 1. The third kappa shape index (κ3) is 2.57. The Hall–Kier alpha value is -2.13. The molecule has 2 aromatic heterocycles. The molecular weight excluding hydrogens is 310 g/mol. The molecule has 1 aromatic carbocycles. The van der Waals surface area contributed by atoms with Crippen LogP contribution in [0.15, 0.2) is 34.8 Å². The lowest BCUT2D eigenvalue weighted by atomic mass is 10.3. The van der Waals surface area contributed by atoms with Crippen molar-refractivity contribution < 1.29 is 8.42 Å². The molecule has 9 heteroatoms. The average Bonchev–Trinajstić information content (AvgIpc) is 3.04. The summed E-state index contributed by atoms with van der Waals surface area (Å²) in [5.41, 5.74) is 8.69. The first-order valence-corrected chi connectivity index (χ1v) is 8.55. The predicted molar refractivity (Wildman–Crippen MR) is 82.7 cm³/mol. The maximum Gasteiger partial charge on any atom is 0.267 e. The molecule has 0 bridgehead atoms. The largest absolute Gasteiger partial charge is 0.381 e. The van der Waals surface area contributed by atoms with Gasteiger partial charge in [0.1, 0.15) is 4.90 Å². The van der Waals surface area contributed by atoms with Crippen LogP contribution in [-0.2, 0) is 16.6 Å². The summed E-state index contributed by atoms with van der Waals surface area (Å²) in [6.45, 7) is 2.40. The van der Waals surface area contributed by atoms with Crippen molar-refractivity contribution in [2.45, 2.75) is 18.4 Å². The Balaban J connectivity index is 1.96. The van der Waals surface area contributed by atoms with Crippen molar-refractivity contribution in [1.29, 1.82) is 0 Å². The van der Waals surface area contributed by atoms with Crippen LogP contribution < -0.4 is 10.5 Å². The standard InChI is InChI=1S/C12H13N5O2S2/c1-2-17-6-11(12(13)15-17)21(18,19)16-8-3-4-9-10(5-8)20-7-14-9/h3-7,16H,2H2,1H3,(H2,13,15). The summed E-state index contributed by atoms with van der Waals surface area (Å²) < 4.78 is 29.6. The van der Waals surface area contributed by atoms with Gasteiger partial charge < -0.3 is 5.73 Å². The highest BCUT2D eigenvalue weighted by molar-refractivity contribution is 7.92. The lowest BCUT2D eigenvalue weighted by Gasteiger charge is -2.06. The van der Waals surface area contributed by atoms with Crippen molar-refractivity contribution in [3.63, 3.8) is 0 Å². The predicted octanol–water partition coefficient (Wildman–Crippen LogP) is 1.90. The second-order valence-electron chi connectivity index (χ2n) is 4.37. The Morgan fingerprint density at radius 3 is 2.95 bits per heavy atom. The summed E-state index contributed by atoms with van der Waals surface area (Å²) in [4.78, 5) is 4.13. The van der Waals surface area contributed by atoms with Gasteiger partial charge in [0.25, 0.3) is 10.0 Å². The molecule has 0 aliphatic carbocycles. The molecule has 0 fully saturated rings. The number of hydrogen-bond donors (Lipinski definition) is 2. The first-order chi connectivity index (χ1) is 9.99. The fourth-order valence-electron chi connectivity index (χ4n) is 1.92. The van der Waals surface area contributed by atoms with E-state index in [0.717, 1.165) is 10.2 Å². The Kier molecular flexibility index (Phi) is 3.30. The highest BCUT2D eigenvalue weighted by Crippen LogP contribution is 2.25. The molecule has 3 N–H and O–H groups in total. The molecule has 3 rings (SSSR count). The van der Waals surface area contributed by atoms with Crippen molar-refractivity contribution >= 4 is 43.1 Å². The molecule has 3 aromatic rings. The minimum absolute atomic E-state index is 0.0109. The van der Waals surface area contributed by atoms with Gasteiger partial charge in [-0.05, 0) is 25.1 Å². The normalized spacial score (nSPS) is 11.9. The first kappa shape index (κ1) is 13.8. The second-order valence-corrected chi connectivity index (χ2v) is 6.91. The van der Waals surface area contributed by atoms with E-state index >= 15 is 0 Å². The van der Waals surface area contributed by atoms with Gasteiger partial charge in [0.2, 0.25) is 0 Å². The number of nitrogen functional groups attached to an aromatic ring is 1. The third-order valence-electron chi connectivity index (χ3n) is 2.95. The van der Waals surface area contributed by atoms with Crippen LogP contribution in [0.1, 0.15) is 6.92 Å². The van der Waals surface area contributed by atoms with Crippen molar-refractivity contribution in [2.24, 2.45) is 0 Å². The average molecular weight is 323 g/mol. The van der Waals surface area contributed by atoms with E-state index in [9.17, 15) is 8.42 Å². The quantitative estimate of drug-likeness (QED) is 0.763. The van der Waals surface area contributed by atoms with E-state index in [-0.39, 0.29) is 10.7 Å². The zero-order chi connectivity index (χ0) is 15.0. The summed E-state index contributed by atoms with van der Waals surface area (Å²) in [5, 5.41) is 3.95. The monoisotopic (exact) mass is 323 g/mol. The second kappa shape index (κ2) is 5.01. The van der Waals surface area contributed by atoms with Gasteiger partial charge in [0, 0.05) is 12.7 Å². The van der Waals surface area contributed by atoms with Gasteiger partial charge in [0.15, 0.2) is 5.82 Å². The van der Waals surface area contributed by atoms with Crippen molar-refractivity contribution in [1.82, 2.24) is 14.8 Å². The molecule has 0 spiro atoms. The number of thiazole rings is 1. The summed E-state index contributed by atoms with van der Waals surface area (Å²) >= 11 is 1.45. The van der Waals surface area contributed by atoms with Crippen LogP contribution >= 0.6 is 11.3 Å². The molecule has 0 aliphatic heterocycles. The van der Waals surface area contributed by atoms with Crippen LogP contribution in [0.5, 0.6) is 0 Å². The first-order valence-electron chi connectivity index (χ1n) is 6.18. The number of nitrogens with two attached hydrogens (primary N) is 1. The van der Waals surface area contributed by atoms with Crippen LogP contribution in [0.4, 0.5) is 11.5 Å². The van der Waals surface area contributed by atoms with Gasteiger partial charge in [-0.1, -0.05) is 0 Å². The van der Waals surface area contributed by atoms with Crippen LogP contribution in [0.25, 0.3) is 10.2 Å². The number of aryl methyl sites for hydroxylation is 1. The van der Waals surface area contributed by atoms with Gasteiger partial charge in [0.05, 0.1) is 21.4 Å². The van der Waals surface area contributed by atoms with Crippen molar-refractivity contribution in [3.05, 3.63) is 29.9 Å². The lowest BCUT2D eigenvalue weighted by molar-refractivity contribution is 0.600. The van der Waals surface area contributed by atoms with Gasteiger partial charge in [-0.15, -0.1) is 11.3 Å². The maximum atomic E-state index is 12.4. The van der Waals surface area contributed by atoms with Crippen LogP contribution in [0, 0.1) is 0 Å². The van der Waals surface area contributed by atoms with Gasteiger partial charge in [-0.25, -0.2) is 13.4 Å². The number of nitrogens with one attached hydrogen (secondary N) is 1. The fraction of sp³-hybridized carbons (Fsp3) is 0.167. The summed E-state index contributed by atoms with van der Waals surface area (Å²) in [6, 6.07) is 5.17. The summed E-state index contributed by atoms with van der Waals surface area (Å²) in [5.74, 6) is -0.0109. The fourth-order valence-corrected chi connectivity index (χ4v) is 3.76. The van der Waals surface area contributed by atoms with Crippen LogP contribution in [0.2, 0.25) is 0 Å². The molecule has 2 heterocycles. The van der Waals surface area contributed by atoms with Crippen LogP contribution in [-0.4, -0.2) is 23.2 Å². The number of anilines is 2. The van der Waals surface area contributed by atoms with Gasteiger partial charge >= 0.3 is 0 Å². The van der Waals surface area contributed by atoms with E-state index in [2.05, 4.69) is 14.8 Å². The molecule has 0 saturated heterocycles. The third-order valence-corrected chi connectivity index (χ3v) is 5.14. The van der Waals surface area contributed by atoms with Gasteiger partial charge in [-0.2, -0.15) is 5.10 Å². The number of aromatic nitrogens is 3. The Morgan fingerprint density at radius 2 is 2.24 bits per heavy atom. The molecule has 21 heavy (non-hydrogen) atoms. The van der Waals surface area contributed by atoms with Gasteiger partial charge in [-0.3, -0.25) is 9.40 Å². The maximum absolute atomic E-state index is 12.4. The molecule has 110 valence electrons. The summed E-state index contributed by atoms with van der Waals surface area (Å²) in [7, 11) is -3.76. The van der Waals surface area contributed by atoms with E-state index in [1.807, 2.05) is 6.92 Å². The van der Waals surface area contributed by atoms with E-state index in [0.29, 0.717) is 12.2 Å². The zero-order valence-corrected chi connectivity index (χ0v) is 12.8. The Morgan fingerprint density at radius 1 is 1.43 bits per heavy atom. The lowest BCUT2D eigenvalue weighted by Crippen LogP contribution is -2.13. The van der Waals surface area contributed by atoms with E-state index in [1.54, 1.807) is 23.7 Å². The molecule has 0 amide bonds. The minimum Gasteiger partial charge on any atom is -0.381 e. The topological polar surface area (TPSA) is 103 Å². The molecule has 7 nitrogen and oxygen atoms in total. The number of benzene rings is 1. The van der Waals surface area contributed by atoms with Crippen molar-refractivity contribution in [3.8, 4) is 0 Å². The molecular formula is C12H13N5O2S2. The Labute approximate surface area is 125 Å².